The number of benzene rings is 3. The van der Waals surface area contributed by atoms with Gasteiger partial charge in [-0.3, -0.25) is 43.7 Å². The van der Waals surface area contributed by atoms with Gasteiger partial charge in [-0.15, -0.1) is 0 Å². The molecule has 6 rings (SSSR count). The minimum Gasteiger partial charge on any atom is -0.444 e. The number of unbranched alkanes of at least 4 members (excludes halogenated alkanes) is 3. The van der Waals surface area contributed by atoms with Gasteiger partial charge in [-0.25, -0.2) is 14.4 Å². The van der Waals surface area contributed by atoms with E-state index in [0.717, 1.165) is 0 Å². The molecule has 0 bridgehead atoms. The summed E-state index contributed by atoms with van der Waals surface area (Å²) in [6.45, 7) is 16.4. The van der Waals surface area contributed by atoms with Crippen LogP contribution in [0.5, 0.6) is 0 Å². The van der Waals surface area contributed by atoms with E-state index in [-0.39, 0.29) is 58.2 Å². The Bertz CT molecular complexity index is 3240. The van der Waals surface area contributed by atoms with Crippen LogP contribution in [-0.4, -0.2) is 121 Å². The molecule has 24 heteroatoms. The molecule has 3 atom stereocenters. The summed E-state index contributed by atoms with van der Waals surface area (Å²) >= 11 is 0. The number of Topliss-reactive ketones (excluding diaryl/α,β-unsaturated/α-hetero) is 3. The molecule has 0 aliphatic rings. The summed E-state index contributed by atoms with van der Waals surface area (Å²) in [5, 5.41) is 16.7. The Hall–Kier alpha value is -9.78. The predicted octanol–water partition coefficient (Wildman–Crippen LogP) is 9.48. The van der Waals surface area contributed by atoms with E-state index in [2.05, 4.69) is 46.9 Å². The van der Waals surface area contributed by atoms with E-state index >= 15 is 0 Å². The molecule has 0 aliphatic carbocycles. The molecule has 6 aromatic rings. The topological polar surface area (TPSA) is 370 Å². The highest BCUT2D eigenvalue weighted by Crippen LogP contribution is 2.35. The van der Waals surface area contributed by atoms with Crippen molar-refractivity contribution in [3.05, 3.63) is 180 Å². The summed E-state index contributed by atoms with van der Waals surface area (Å²) in [5.41, 5.74) is 17.2. The van der Waals surface area contributed by atoms with Crippen LogP contribution in [0.15, 0.2) is 146 Å². The number of rotatable bonds is 33. The van der Waals surface area contributed by atoms with Gasteiger partial charge in [0.2, 0.25) is 0 Å². The number of alkyl carbamates (subject to hydrolysis) is 3. The first-order chi connectivity index (χ1) is 45.7. The van der Waals surface area contributed by atoms with Crippen LogP contribution in [0.1, 0.15) is 159 Å². The van der Waals surface area contributed by atoms with Gasteiger partial charge in [0, 0.05) is 99.1 Å². The number of aromatic nitrogens is 3. The van der Waals surface area contributed by atoms with Crippen LogP contribution < -0.4 is 49.1 Å². The molecule has 0 saturated carbocycles. The fourth-order valence-corrected chi connectivity index (χ4v) is 10.4. The largest absolute Gasteiger partial charge is 0.444 e. The lowest BCUT2D eigenvalue weighted by atomic mass is 9.84. The fraction of sp³-hybridized carbons (Fsp3) is 0.425. The summed E-state index contributed by atoms with van der Waals surface area (Å²) in [6.07, 6.45) is 8.93. The monoisotopic (exact) mass is 1330 g/mol. The molecule has 0 saturated heterocycles. The summed E-state index contributed by atoms with van der Waals surface area (Å²) in [7, 11) is 0. The number of ketones is 3. The zero-order valence-electron chi connectivity index (χ0n) is 57.0. The molecule has 97 heavy (non-hydrogen) atoms. The van der Waals surface area contributed by atoms with Crippen LogP contribution in [0, 0.1) is 0 Å². The van der Waals surface area contributed by atoms with E-state index in [0.29, 0.717) is 89.0 Å². The minimum absolute atomic E-state index is 0.0485. The van der Waals surface area contributed by atoms with Crippen LogP contribution >= 0.6 is 0 Å². The molecular formula is C73H94N12O12. The number of amides is 6. The van der Waals surface area contributed by atoms with E-state index in [1.54, 1.807) is 190 Å². The van der Waals surface area contributed by atoms with Crippen molar-refractivity contribution < 1.29 is 57.4 Å². The van der Waals surface area contributed by atoms with Crippen LogP contribution in [0.2, 0.25) is 0 Å². The Morgan fingerprint density at radius 1 is 0.371 bits per heavy atom. The van der Waals surface area contributed by atoms with Crippen molar-refractivity contribution in [3.8, 4) is 0 Å². The molecule has 12 N–H and O–H groups in total. The second-order valence-corrected chi connectivity index (χ2v) is 27.1. The van der Waals surface area contributed by atoms with Gasteiger partial charge in [0.25, 0.3) is 17.7 Å². The van der Waals surface area contributed by atoms with Crippen molar-refractivity contribution in [2.75, 3.05) is 35.6 Å². The number of pyridine rings is 3. The SMILES string of the molecule is CC(C)(C)OC(=O)NCCCC[C@@](N)(C(=O)Cc1cccnc1)C(=O)Nc1ccc(C(c2ccc(NC(=O)[C@@](N)(CCCCNC(=O)OC(C)(C)C)C(=O)Cc3cccnc3)cc2)c2ccc(NC(=O)[C@@](N)(CCCCNC(=O)OC(C)(C)C)C(=O)Cc3cccnc3)cc2)cc1. The van der Waals surface area contributed by atoms with Crippen LogP contribution in [0.25, 0.3) is 0 Å². The lowest BCUT2D eigenvalue weighted by molar-refractivity contribution is -0.134. The maximum atomic E-state index is 14.4. The molecule has 6 amide bonds. The van der Waals surface area contributed by atoms with Crippen molar-refractivity contribution >= 4 is 70.4 Å². The molecule has 3 heterocycles. The molecule has 3 aromatic heterocycles. The number of hydrogen-bond donors (Lipinski definition) is 9. The van der Waals surface area contributed by atoms with E-state index in [1.165, 1.54) is 18.6 Å². The van der Waals surface area contributed by atoms with Gasteiger partial charge in [0.05, 0.1) is 0 Å². The standard InChI is InChI=1S/C73H94N12O12/c1-68(2,3)95-65(92)80-40-13-10-34-71(74,58(86)43-49-19-16-37-77-46-49)62(89)83-55-28-22-52(23-29-55)61(53-24-30-56(31-25-53)84-63(90)72(75,59(87)44-50-20-17-38-78-47-50)35-11-14-41-81-66(93)96-69(4,5)6)54-26-32-57(33-27-54)85-64(91)73(76,60(88)45-51-21-18-39-79-48-51)36-12-15-42-82-67(94)97-70(7,8)9/h16-33,37-39,46-48,61H,10-15,34-36,40-45,74-76H2,1-9H3,(H,80,92)(H,81,93)(H,82,94)(H,83,89)(H,84,90)(H,85,91)/t71-,72-,73-/m1/s1. The molecule has 0 unspecified atom stereocenters. The average molecular weight is 1330 g/mol. The normalized spacial score (nSPS) is 13.5. The zero-order valence-corrected chi connectivity index (χ0v) is 57.0. The van der Waals surface area contributed by atoms with E-state index in [1.807, 2.05) is 0 Å². The van der Waals surface area contributed by atoms with Crippen molar-refractivity contribution in [1.82, 2.24) is 30.9 Å². The number of ether oxygens (including phenoxy) is 3. The Morgan fingerprint density at radius 2 is 0.619 bits per heavy atom. The van der Waals surface area contributed by atoms with Crippen molar-refractivity contribution in [2.45, 2.75) is 179 Å². The maximum absolute atomic E-state index is 14.4. The zero-order chi connectivity index (χ0) is 71.0. The lowest BCUT2D eigenvalue weighted by Crippen LogP contribution is -2.58. The molecule has 0 spiro atoms. The second-order valence-electron chi connectivity index (χ2n) is 27.1. The van der Waals surface area contributed by atoms with Gasteiger partial charge in [-0.05, 0) is 208 Å². The first kappa shape index (κ1) is 76.2. The Balaban J connectivity index is 1.29. The van der Waals surface area contributed by atoms with Crippen LogP contribution in [0.3, 0.4) is 0 Å². The lowest BCUT2D eigenvalue weighted by Gasteiger charge is -2.28. The Kier molecular flexibility index (Phi) is 27.3. The molecule has 0 aliphatic heterocycles. The summed E-state index contributed by atoms with van der Waals surface area (Å²) < 4.78 is 16.0. The van der Waals surface area contributed by atoms with Crippen molar-refractivity contribution in [3.63, 3.8) is 0 Å². The van der Waals surface area contributed by atoms with Crippen LogP contribution in [0.4, 0.5) is 31.4 Å². The van der Waals surface area contributed by atoms with Crippen LogP contribution in [-0.2, 0) is 62.2 Å². The summed E-state index contributed by atoms with van der Waals surface area (Å²) in [5.74, 6) is -4.41. The number of nitrogens with zero attached hydrogens (tertiary/aromatic N) is 3. The number of nitrogens with one attached hydrogen (secondary N) is 6. The Morgan fingerprint density at radius 3 is 0.835 bits per heavy atom. The average Bonchev–Trinajstić information content (AvgIpc) is 0.819. The van der Waals surface area contributed by atoms with E-state index in [4.69, 9.17) is 31.4 Å². The highest BCUT2D eigenvalue weighted by molar-refractivity contribution is 6.17. The van der Waals surface area contributed by atoms with Gasteiger partial charge in [-0.2, -0.15) is 0 Å². The first-order valence-corrected chi connectivity index (χ1v) is 32.5. The predicted molar refractivity (Wildman–Crippen MR) is 370 cm³/mol. The van der Waals surface area contributed by atoms with E-state index in [9.17, 15) is 43.2 Å². The third-order valence-corrected chi connectivity index (χ3v) is 15.5. The smallest absolute Gasteiger partial charge is 0.407 e. The fourth-order valence-electron chi connectivity index (χ4n) is 10.4. The molecule has 0 radical (unpaired) electrons. The molecule has 518 valence electrons. The van der Waals surface area contributed by atoms with Gasteiger partial charge in [-0.1, -0.05) is 54.6 Å². The van der Waals surface area contributed by atoms with Gasteiger partial charge >= 0.3 is 18.3 Å². The number of carbonyl (C=O) groups is 9. The van der Waals surface area contributed by atoms with Gasteiger partial charge < -0.3 is 63.3 Å². The molecule has 24 nitrogen and oxygen atoms in total. The third-order valence-electron chi connectivity index (χ3n) is 15.5. The highest BCUT2D eigenvalue weighted by atomic mass is 16.6. The van der Waals surface area contributed by atoms with Gasteiger partial charge in [0.15, 0.2) is 34.0 Å². The van der Waals surface area contributed by atoms with E-state index < -0.39 is 92.7 Å². The van der Waals surface area contributed by atoms with Gasteiger partial charge in [0.1, 0.15) is 16.8 Å². The molecule has 3 aromatic carbocycles. The number of hydrogen-bond acceptors (Lipinski definition) is 18. The number of anilines is 3. The Labute approximate surface area is 567 Å². The molecule has 0 fully saturated rings. The minimum atomic E-state index is -1.99. The quantitative estimate of drug-likeness (QED) is 0.00801. The van der Waals surface area contributed by atoms with Crippen molar-refractivity contribution in [2.24, 2.45) is 17.2 Å². The maximum Gasteiger partial charge on any atom is 0.407 e. The summed E-state index contributed by atoms with van der Waals surface area (Å²) in [6, 6.07) is 31.0. The summed E-state index contributed by atoms with van der Waals surface area (Å²) in [4.78, 5) is 135. The van der Waals surface area contributed by atoms with Crippen molar-refractivity contribution in [1.29, 1.82) is 0 Å². The molecular weight excluding hydrogens is 1240 g/mol. The first-order valence-electron chi connectivity index (χ1n) is 32.5. The highest BCUT2D eigenvalue weighted by Gasteiger charge is 2.44. The number of nitrogens with two attached hydrogens (primary N) is 3. The third kappa shape index (κ3) is 24.4. The number of carbonyl (C=O) groups excluding carboxylic acids is 9. The second kappa shape index (κ2) is 34.8.